The van der Waals surface area contributed by atoms with Crippen LogP contribution in [0.5, 0.6) is 0 Å². The number of rotatable bonds is 5. The molecule has 0 spiro atoms. The van der Waals surface area contributed by atoms with E-state index in [1.165, 1.54) is 6.26 Å². The van der Waals surface area contributed by atoms with Crippen LogP contribution in [-0.2, 0) is 0 Å². The van der Waals surface area contributed by atoms with Crippen LogP contribution in [0.4, 0.5) is 0 Å². The van der Waals surface area contributed by atoms with Crippen molar-refractivity contribution in [1.29, 1.82) is 0 Å². The normalized spacial score (nSPS) is 18.4. The number of hydrogen-bond donors (Lipinski definition) is 0. The molecule has 0 aromatic carbocycles. The molecule has 1 fully saturated rings. The molecule has 0 amide bonds. The van der Waals surface area contributed by atoms with Gasteiger partial charge in [0.25, 0.3) is 0 Å². The lowest BCUT2D eigenvalue weighted by Crippen LogP contribution is -2.31. The lowest BCUT2D eigenvalue weighted by Gasteiger charge is -2.26. The molecule has 0 bridgehead atoms. The molecule has 1 aliphatic carbocycles. The summed E-state index contributed by atoms with van der Waals surface area (Å²) in [5.74, 6) is -0.385. The summed E-state index contributed by atoms with van der Waals surface area (Å²) in [5.41, 5.74) is 0. The Morgan fingerprint density at radius 1 is 1.44 bits per heavy atom. The summed E-state index contributed by atoms with van der Waals surface area (Å²) in [5, 5.41) is 10.7. The van der Waals surface area contributed by atoms with Gasteiger partial charge >= 0.3 is 0 Å². The number of nitro groups is 1. The van der Waals surface area contributed by atoms with Gasteiger partial charge in [0.15, 0.2) is 5.76 Å². The average Bonchev–Trinajstić information content (AvgIpc) is 2.90. The lowest BCUT2D eigenvalue weighted by molar-refractivity contribution is -0.487. The van der Waals surface area contributed by atoms with Crippen molar-refractivity contribution < 1.29 is 14.1 Å². The summed E-state index contributed by atoms with van der Waals surface area (Å²) in [6.07, 6.45) is 6.53. The van der Waals surface area contributed by atoms with E-state index in [4.69, 9.17) is 4.42 Å². The van der Waals surface area contributed by atoms with Gasteiger partial charge in [-0.2, -0.15) is 0 Å². The maximum atomic E-state index is 12.2. The average molecular weight is 251 g/mol. The van der Waals surface area contributed by atoms with Gasteiger partial charge in [-0.25, -0.2) is 0 Å². The molecule has 5 heteroatoms. The smallest absolute Gasteiger partial charge is 0.214 e. The highest BCUT2D eigenvalue weighted by Gasteiger charge is 2.35. The van der Waals surface area contributed by atoms with Crippen molar-refractivity contribution in [3.8, 4) is 0 Å². The Morgan fingerprint density at radius 2 is 2.17 bits per heavy atom. The van der Waals surface area contributed by atoms with E-state index < -0.39 is 5.92 Å². The summed E-state index contributed by atoms with van der Waals surface area (Å²) in [4.78, 5) is 22.6. The molecule has 1 aliphatic rings. The summed E-state index contributed by atoms with van der Waals surface area (Å²) < 4.78 is 5.08. The molecule has 0 aliphatic heterocycles. The minimum absolute atomic E-state index is 0.127. The van der Waals surface area contributed by atoms with Gasteiger partial charge in [-0.1, -0.05) is 19.3 Å². The third-order valence-corrected chi connectivity index (χ3v) is 3.67. The van der Waals surface area contributed by atoms with Gasteiger partial charge in [-0.05, 0) is 30.9 Å². The highest BCUT2D eigenvalue weighted by Crippen LogP contribution is 2.32. The Morgan fingerprint density at radius 3 is 2.72 bits per heavy atom. The first kappa shape index (κ1) is 12.8. The predicted molar refractivity (Wildman–Crippen MR) is 65.0 cm³/mol. The van der Waals surface area contributed by atoms with Crippen LogP contribution in [-0.4, -0.2) is 17.3 Å². The molecule has 1 aromatic heterocycles. The van der Waals surface area contributed by atoms with Crippen molar-refractivity contribution in [3.63, 3.8) is 0 Å². The van der Waals surface area contributed by atoms with Gasteiger partial charge in [-0.15, -0.1) is 0 Å². The maximum absolute atomic E-state index is 12.2. The van der Waals surface area contributed by atoms with E-state index in [9.17, 15) is 14.9 Å². The van der Waals surface area contributed by atoms with Gasteiger partial charge in [0.2, 0.25) is 12.3 Å². The Labute approximate surface area is 105 Å². The molecule has 0 saturated heterocycles. The minimum Gasteiger partial charge on any atom is -0.461 e. The molecule has 5 nitrogen and oxygen atoms in total. The van der Waals surface area contributed by atoms with E-state index in [1.807, 2.05) is 0 Å². The van der Waals surface area contributed by atoms with E-state index >= 15 is 0 Å². The fraction of sp³-hybridized carbons (Fsp3) is 0.615. The minimum atomic E-state index is -0.536. The molecule has 0 radical (unpaired) electrons. The molecule has 0 N–H and O–H groups in total. The monoisotopic (exact) mass is 251 g/mol. The zero-order chi connectivity index (χ0) is 13.0. The van der Waals surface area contributed by atoms with Crippen LogP contribution in [0.1, 0.15) is 42.7 Å². The summed E-state index contributed by atoms with van der Waals surface area (Å²) in [6, 6.07) is 3.22. The van der Waals surface area contributed by atoms with Crippen LogP contribution in [0.2, 0.25) is 0 Å². The van der Waals surface area contributed by atoms with Crippen LogP contribution < -0.4 is 0 Å². The zero-order valence-electron chi connectivity index (χ0n) is 10.2. The van der Waals surface area contributed by atoms with Gasteiger partial charge < -0.3 is 4.42 Å². The fourth-order valence-corrected chi connectivity index (χ4v) is 2.74. The predicted octanol–water partition coefficient (Wildman–Crippen LogP) is 2.94. The third-order valence-electron chi connectivity index (χ3n) is 3.67. The zero-order valence-corrected chi connectivity index (χ0v) is 10.2. The summed E-state index contributed by atoms with van der Waals surface area (Å²) in [6.45, 7) is -0.288. The Bertz CT molecular complexity index is 407. The van der Waals surface area contributed by atoms with E-state index in [2.05, 4.69) is 0 Å². The standard InChI is InChI=1S/C13H17NO4/c15-13(12-7-4-8-18-12)11(9-14(16)17)10-5-2-1-3-6-10/h4,7-8,10-11H,1-3,5-6,9H2/t11-/m0/s1. The van der Waals surface area contributed by atoms with Crippen molar-refractivity contribution in [1.82, 2.24) is 0 Å². The molecule has 18 heavy (non-hydrogen) atoms. The molecule has 2 rings (SSSR count). The quantitative estimate of drug-likeness (QED) is 0.458. The maximum Gasteiger partial charge on any atom is 0.214 e. The van der Waals surface area contributed by atoms with Crippen molar-refractivity contribution in [2.45, 2.75) is 32.1 Å². The molecular formula is C13H17NO4. The van der Waals surface area contributed by atoms with Crippen molar-refractivity contribution >= 4 is 5.78 Å². The number of hydrogen-bond acceptors (Lipinski definition) is 4. The number of carbonyl (C=O) groups excluding carboxylic acids is 1. The van der Waals surface area contributed by atoms with Crippen molar-refractivity contribution in [3.05, 3.63) is 34.3 Å². The summed E-state index contributed by atoms with van der Waals surface area (Å²) in [7, 11) is 0. The largest absolute Gasteiger partial charge is 0.461 e. The van der Waals surface area contributed by atoms with Gasteiger partial charge in [0.1, 0.15) is 0 Å². The van der Waals surface area contributed by atoms with Crippen LogP contribution in [0, 0.1) is 22.0 Å². The van der Waals surface area contributed by atoms with Crippen LogP contribution in [0.3, 0.4) is 0 Å². The number of ketones is 1. The molecule has 98 valence electrons. The Hall–Kier alpha value is -1.65. The third kappa shape index (κ3) is 2.97. The van der Waals surface area contributed by atoms with E-state index in [0.717, 1.165) is 32.1 Å². The van der Waals surface area contributed by atoms with Crippen molar-refractivity contribution in [2.75, 3.05) is 6.54 Å². The topological polar surface area (TPSA) is 73.3 Å². The van der Waals surface area contributed by atoms with Crippen molar-refractivity contribution in [2.24, 2.45) is 11.8 Å². The molecule has 1 heterocycles. The highest BCUT2D eigenvalue weighted by atomic mass is 16.6. The first-order chi connectivity index (χ1) is 8.68. The second-order valence-corrected chi connectivity index (χ2v) is 4.86. The summed E-state index contributed by atoms with van der Waals surface area (Å²) >= 11 is 0. The first-order valence-electron chi connectivity index (χ1n) is 6.38. The number of Topliss-reactive ketones (excluding diaryl/α,β-unsaturated/α-hetero) is 1. The Kier molecular flexibility index (Phi) is 4.12. The van der Waals surface area contributed by atoms with Crippen LogP contribution >= 0.6 is 0 Å². The molecule has 1 atom stereocenters. The second kappa shape index (κ2) is 5.80. The SMILES string of the molecule is O=C(c1ccco1)[C@@H](C[N+](=O)[O-])C1CCCCC1. The van der Waals surface area contributed by atoms with Crippen LogP contribution in [0.25, 0.3) is 0 Å². The molecule has 0 unspecified atom stereocenters. The van der Waals surface area contributed by atoms with E-state index in [-0.39, 0.29) is 28.9 Å². The van der Waals surface area contributed by atoms with E-state index in [1.54, 1.807) is 12.1 Å². The lowest BCUT2D eigenvalue weighted by atomic mass is 9.77. The van der Waals surface area contributed by atoms with E-state index in [0.29, 0.717) is 0 Å². The Balaban J connectivity index is 2.13. The van der Waals surface area contributed by atoms with Crippen LogP contribution in [0.15, 0.2) is 22.8 Å². The van der Waals surface area contributed by atoms with Gasteiger partial charge in [0.05, 0.1) is 12.2 Å². The molecule has 1 saturated carbocycles. The number of carbonyl (C=O) groups is 1. The second-order valence-electron chi connectivity index (χ2n) is 4.86. The fourth-order valence-electron chi connectivity index (χ4n) is 2.74. The number of furan rings is 1. The highest BCUT2D eigenvalue weighted by molar-refractivity contribution is 5.95. The molecular weight excluding hydrogens is 234 g/mol. The molecule has 1 aromatic rings. The number of nitrogens with zero attached hydrogens (tertiary/aromatic N) is 1. The van der Waals surface area contributed by atoms with Gasteiger partial charge in [0, 0.05) is 4.92 Å². The van der Waals surface area contributed by atoms with Gasteiger partial charge in [-0.3, -0.25) is 14.9 Å². The first-order valence-corrected chi connectivity index (χ1v) is 6.38.